The smallest absolute Gasteiger partial charge is 0.137 e. The molecule has 4 aromatic rings. The average Bonchev–Trinajstić information content (AvgIpc) is 2.97. The van der Waals surface area contributed by atoms with Gasteiger partial charge in [-0.25, -0.2) is 0 Å². The lowest BCUT2D eigenvalue weighted by molar-refractivity contribution is 0.282. The zero-order valence-electron chi connectivity index (χ0n) is 11.6. The first-order valence-corrected chi connectivity index (χ1v) is 7.30. The standard InChI is InChI=1S/C18H12ClNO2/c19-16-6-12-8-20-9-15(14(12)5-13(16)10-21)18-7-11-3-1-2-4-17(11)22-18/h1-9,21H,10H2. The number of pyridine rings is 1. The van der Waals surface area contributed by atoms with Crippen molar-refractivity contribution in [2.75, 3.05) is 0 Å². The Morgan fingerprint density at radius 3 is 2.73 bits per heavy atom. The first-order valence-electron chi connectivity index (χ1n) is 6.92. The average molecular weight is 310 g/mol. The van der Waals surface area contributed by atoms with E-state index in [1.165, 1.54) is 0 Å². The van der Waals surface area contributed by atoms with Crippen molar-refractivity contribution < 1.29 is 9.52 Å². The van der Waals surface area contributed by atoms with E-state index in [9.17, 15) is 5.11 Å². The Bertz CT molecular complexity index is 958. The van der Waals surface area contributed by atoms with Crippen LogP contribution >= 0.6 is 11.6 Å². The largest absolute Gasteiger partial charge is 0.456 e. The van der Waals surface area contributed by atoms with Crippen LogP contribution in [0.4, 0.5) is 0 Å². The zero-order valence-corrected chi connectivity index (χ0v) is 12.3. The molecule has 0 aliphatic heterocycles. The minimum atomic E-state index is -0.101. The Hall–Kier alpha value is -2.36. The van der Waals surface area contributed by atoms with Crippen LogP contribution in [0, 0.1) is 0 Å². The molecule has 4 heteroatoms. The Morgan fingerprint density at radius 2 is 1.91 bits per heavy atom. The summed E-state index contributed by atoms with van der Waals surface area (Å²) in [6.45, 7) is -0.101. The number of aliphatic hydroxyl groups excluding tert-OH is 1. The lowest BCUT2D eigenvalue weighted by atomic mass is 10.0. The van der Waals surface area contributed by atoms with E-state index < -0.39 is 0 Å². The molecule has 0 fully saturated rings. The highest BCUT2D eigenvalue weighted by Crippen LogP contribution is 2.34. The molecule has 2 aromatic heterocycles. The van der Waals surface area contributed by atoms with Crippen LogP contribution < -0.4 is 0 Å². The van der Waals surface area contributed by atoms with Crippen molar-refractivity contribution in [3.8, 4) is 11.3 Å². The van der Waals surface area contributed by atoms with Gasteiger partial charge < -0.3 is 9.52 Å². The number of halogens is 1. The fraction of sp³-hybridized carbons (Fsp3) is 0.0556. The molecule has 108 valence electrons. The molecule has 0 spiro atoms. The Balaban J connectivity index is 2.01. The van der Waals surface area contributed by atoms with E-state index in [-0.39, 0.29) is 6.61 Å². The lowest BCUT2D eigenvalue weighted by Gasteiger charge is -2.07. The van der Waals surface area contributed by atoms with Gasteiger partial charge in [0.25, 0.3) is 0 Å². The van der Waals surface area contributed by atoms with E-state index in [1.54, 1.807) is 12.4 Å². The molecule has 0 atom stereocenters. The van der Waals surface area contributed by atoms with Crippen molar-refractivity contribution in [2.24, 2.45) is 0 Å². The van der Waals surface area contributed by atoms with E-state index in [1.807, 2.05) is 42.5 Å². The summed E-state index contributed by atoms with van der Waals surface area (Å²) in [5.41, 5.74) is 2.42. The Kier molecular flexibility index (Phi) is 3.10. The highest BCUT2D eigenvalue weighted by Gasteiger charge is 2.12. The summed E-state index contributed by atoms with van der Waals surface area (Å²) < 4.78 is 5.93. The summed E-state index contributed by atoms with van der Waals surface area (Å²) in [4.78, 5) is 4.27. The summed E-state index contributed by atoms with van der Waals surface area (Å²) >= 11 is 6.15. The number of nitrogens with zero attached hydrogens (tertiary/aromatic N) is 1. The fourth-order valence-corrected chi connectivity index (χ4v) is 2.90. The molecule has 2 heterocycles. The van der Waals surface area contributed by atoms with Gasteiger partial charge in [-0.15, -0.1) is 0 Å². The van der Waals surface area contributed by atoms with E-state index >= 15 is 0 Å². The molecule has 3 nitrogen and oxygen atoms in total. The summed E-state index contributed by atoms with van der Waals surface area (Å²) in [5, 5.41) is 12.9. The fourth-order valence-electron chi connectivity index (χ4n) is 2.67. The van der Waals surface area contributed by atoms with E-state index in [2.05, 4.69) is 4.98 Å². The SMILES string of the molecule is OCc1cc2c(-c3cc4ccccc4o3)cncc2cc1Cl. The highest BCUT2D eigenvalue weighted by molar-refractivity contribution is 6.32. The molecule has 22 heavy (non-hydrogen) atoms. The molecule has 0 aliphatic carbocycles. The van der Waals surface area contributed by atoms with Crippen molar-refractivity contribution in [2.45, 2.75) is 6.61 Å². The molecule has 2 aromatic carbocycles. The zero-order chi connectivity index (χ0) is 15.1. The topological polar surface area (TPSA) is 46.3 Å². The van der Waals surface area contributed by atoms with Gasteiger partial charge >= 0.3 is 0 Å². The number of aromatic nitrogens is 1. The molecule has 0 saturated carbocycles. The number of hydrogen-bond acceptors (Lipinski definition) is 3. The molecular formula is C18H12ClNO2. The van der Waals surface area contributed by atoms with Crippen LogP contribution in [0.1, 0.15) is 5.56 Å². The van der Waals surface area contributed by atoms with E-state index in [4.69, 9.17) is 16.0 Å². The lowest BCUT2D eigenvalue weighted by Crippen LogP contribution is -1.88. The van der Waals surface area contributed by atoms with Crippen LogP contribution in [-0.2, 0) is 6.61 Å². The maximum atomic E-state index is 9.43. The van der Waals surface area contributed by atoms with Crippen molar-refractivity contribution in [3.05, 3.63) is 65.4 Å². The van der Waals surface area contributed by atoms with Gasteiger partial charge in [0.05, 0.1) is 6.61 Å². The van der Waals surface area contributed by atoms with Crippen LogP contribution in [0.2, 0.25) is 5.02 Å². The third kappa shape index (κ3) is 2.06. The summed E-state index contributed by atoms with van der Waals surface area (Å²) in [7, 11) is 0. The number of para-hydroxylation sites is 1. The number of furan rings is 1. The number of aliphatic hydroxyl groups is 1. The normalized spacial score (nSPS) is 11.4. The van der Waals surface area contributed by atoms with Gasteiger partial charge in [0, 0.05) is 33.8 Å². The van der Waals surface area contributed by atoms with Crippen molar-refractivity contribution in [1.29, 1.82) is 0 Å². The highest BCUT2D eigenvalue weighted by atomic mass is 35.5. The molecule has 0 amide bonds. The molecule has 0 saturated heterocycles. The van der Waals surface area contributed by atoms with Crippen molar-refractivity contribution in [3.63, 3.8) is 0 Å². The van der Waals surface area contributed by atoms with Crippen molar-refractivity contribution in [1.82, 2.24) is 4.98 Å². The number of rotatable bonds is 2. The van der Waals surface area contributed by atoms with E-state index in [0.717, 1.165) is 33.1 Å². The third-order valence-electron chi connectivity index (χ3n) is 3.79. The number of benzene rings is 2. The number of hydrogen-bond donors (Lipinski definition) is 1. The van der Waals surface area contributed by atoms with Crippen molar-refractivity contribution >= 4 is 33.3 Å². The first kappa shape index (κ1) is 13.3. The van der Waals surface area contributed by atoms with Gasteiger partial charge in [-0.1, -0.05) is 29.8 Å². The van der Waals surface area contributed by atoms with Gasteiger partial charge in [-0.2, -0.15) is 0 Å². The summed E-state index contributed by atoms with van der Waals surface area (Å²) in [5.74, 6) is 0.755. The number of fused-ring (bicyclic) bond motifs is 2. The first-order chi connectivity index (χ1) is 10.8. The molecule has 1 N–H and O–H groups in total. The van der Waals surface area contributed by atoms with Crippen LogP contribution in [0.15, 0.2) is 59.3 Å². The maximum Gasteiger partial charge on any atom is 0.137 e. The van der Waals surface area contributed by atoms with Crippen LogP contribution in [-0.4, -0.2) is 10.1 Å². The monoisotopic (exact) mass is 309 g/mol. The Labute approximate surface area is 131 Å². The van der Waals surface area contributed by atoms with Crippen LogP contribution in [0.25, 0.3) is 33.1 Å². The molecule has 0 radical (unpaired) electrons. The Morgan fingerprint density at radius 1 is 1.05 bits per heavy atom. The second kappa shape index (κ2) is 5.13. The van der Waals surface area contributed by atoms with Crippen LogP contribution in [0.3, 0.4) is 0 Å². The second-order valence-corrected chi connectivity index (χ2v) is 5.57. The third-order valence-corrected chi connectivity index (χ3v) is 4.14. The molecular weight excluding hydrogens is 298 g/mol. The van der Waals surface area contributed by atoms with Gasteiger partial charge in [0.1, 0.15) is 11.3 Å². The predicted octanol–water partition coefficient (Wildman–Crippen LogP) is 4.79. The van der Waals surface area contributed by atoms with Gasteiger partial charge in [-0.3, -0.25) is 4.98 Å². The minimum Gasteiger partial charge on any atom is -0.456 e. The molecule has 0 aliphatic rings. The summed E-state index contributed by atoms with van der Waals surface area (Å²) in [6.07, 6.45) is 3.53. The molecule has 0 bridgehead atoms. The molecule has 4 rings (SSSR count). The minimum absolute atomic E-state index is 0.101. The van der Waals surface area contributed by atoms with Gasteiger partial charge in [-0.05, 0) is 35.2 Å². The second-order valence-electron chi connectivity index (χ2n) is 5.16. The van der Waals surface area contributed by atoms with E-state index in [0.29, 0.717) is 10.6 Å². The van der Waals surface area contributed by atoms with Crippen LogP contribution in [0.5, 0.6) is 0 Å². The quantitative estimate of drug-likeness (QED) is 0.579. The molecule has 0 unspecified atom stereocenters. The van der Waals surface area contributed by atoms with Gasteiger partial charge in [0.2, 0.25) is 0 Å². The maximum absolute atomic E-state index is 9.43. The van der Waals surface area contributed by atoms with Gasteiger partial charge in [0.15, 0.2) is 0 Å². The summed E-state index contributed by atoms with van der Waals surface area (Å²) in [6, 6.07) is 13.6. The predicted molar refractivity (Wildman–Crippen MR) is 87.9 cm³/mol.